The van der Waals surface area contributed by atoms with Crippen LogP contribution in [0, 0.1) is 10.8 Å². The van der Waals surface area contributed by atoms with Gasteiger partial charge in [0.25, 0.3) is 5.91 Å². The molecule has 0 spiro atoms. The zero-order chi connectivity index (χ0) is 26.9. The number of carbonyl (C=O) groups excluding carboxylic acids is 4. The van der Waals surface area contributed by atoms with E-state index in [1.54, 1.807) is 48.5 Å². The molecule has 2 rings (SSSR count). The van der Waals surface area contributed by atoms with E-state index < -0.39 is 10.8 Å². The van der Waals surface area contributed by atoms with Crippen LogP contribution in [0.2, 0.25) is 0 Å². The molecule has 2 aromatic rings. The lowest BCUT2D eigenvalue weighted by atomic mass is 9.71. The molecule has 0 fully saturated rings. The summed E-state index contributed by atoms with van der Waals surface area (Å²) in [5, 5.41) is 8.34. The van der Waals surface area contributed by atoms with E-state index in [4.69, 9.17) is 0 Å². The molecule has 36 heavy (non-hydrogen) atoms. The van der Waals surface area contributed by atoms with Gasteiger partial charge in [0, 0.05) is 27.5 Å². The second-order valence-corrected chi connectivity index (χ2v) is 10.2. The van der Waals surface area contributed by atoms with Crippen LogP contribution in [-0.2, 0) is 9.59 Å². The minimum absolute atomic E-state index is 0.0504. The average molecular weight is 495 g/mol. The summed E-state index contributed by atoms with van der Waals surface area (Å²) in [6, 6.07) is 15.3. The van der Waals surface area contributed by atoms with Gasteiger partial charge in [-0.15, -0.1) is 0 Å². The molecule has 0 aliphatic carbocycles. The van der Waals surface area contributed by atoms with Crippen LogP contribution < -0.4 is 16.0 Å². The first-order chi connectivity index (χ1) is 16.9. The number of carbonyl (C=O) groups is 4. The standard InChI is InChI=1S/C28H38N4O4/c1-7-28(4,17-27(2,3)25(35)31-19-32(5)6)26(36)30-18-29-24(34)22-15-13-21(14-16-22)23(33)20-11-9-8-10-12-20/h8-16H,7,17-19H2,1-6H3,(H,29,34)(H,30,36)(H,31,35). The number of nitrogens with zero attached hydrogens (tertiary/aromatic N) is 1. The molecule has 0 aliphatic rings. The molecule has 0 saturated heterocycles. The molecule has 194 valence electrons. The Morgan fingerprint density at radius 1 is 0.750 bits per heavy atom. The fourth-order valence-corrected chi connectivity index (χ4v) is 3.94. The normalized spacial score (nSPS) is 13.0. The van der Waals surface area contributed by atoms with Crippen LogP contribution >= 0.6 is 0 Å². The van der Waals surface area contributed by atoms with Crippen LogP contribution in [-0.4, -0.2) is 55.8 Å². The Kier molecular flexibility index (Phi) is 9.93. The number of rotatable bonds is 12. The van der Waals surface area contributed by atoms with E-state index in [1.165, 1.54) is 0 Å². The molecule has 1 atom stereocenters. The molecule has 0 saturated carbocycles. The molecule has 8 heteroatoms. The number of nitrogens with one attached hydrogen (secondary N) is 3. The summed E-state index contributed by atoms with van der Waals surface area (Å²) in [6.07, 6.45) is 0.889. The van der Waals surface area contributed by atoms with Crippen molar-refractivity contribution in [2.24, 2.45) is 10.8 Å². The van der Waals surface area contributed by atoms with Crippen molar-refractivity contribution in [2.75, 3.05) is 27.4 Å². The van der Waals surface area contributed by atoms with Crippen molar-refractivity contribution in [3.8, 4) is 0 Å². The third-order valence-corrected chi connectivity index (χ3v) is 6.27. The lowest BCUT2D eigenvalue weighted by Crippen LogP contribution is -2.49. The molecule has 0 aliphatic heterocycles. The quantitative estimate of drug-likeness (QED) is 0.310. The van der Waals surface area contributed by atoms with Crippen molar-refractivity contribution < 1.29 is 19.2 Å². The molecule has 0 heterocycles. The first-order valence-corrected chi connectivity index (χ1v) is 12.1. The predicted octanol–water partition coefficient (Wildman–Crippen LogP) is 3.19. The van der Waals surface area contributed by atoms with Gasteiger partial charge in [0.1, 0.15) is 0 Å². The molecular formula is C28H38N4O4. The van der Waals surface area contributed by atoms with Crippen LogP contribution in [0.5, 0.6) is 0 Å². The van der Waals surface area contributed by atoms with E-state index in [-0.39, 0.29) is 30.2 Å². The van der Waals surface area contributed by atoms with Crippen molar-refractivity contribution in [3.05, 3.63) is 71.3 Å². The first kappa shape index (κ1) is 28.7. The van der Waals surface area contributed by atoms with E-state index in [9.17, 15) is 19.2 Å². The molecule has 1 unspecified atom stereocenters. The Hall–Kier alpha value is -3.52. The lowest BCUT2D eigenvalue weighted by Gasteiger charge is -2.35. The van der Waals surface area contributed by atoms with Crippen LogP contribution in [0.15, 0.2) is 54.6 Å². The number of hydrogen-bond acceptors (Lipinski definition) is 5. The van der Waals surface area contributed by atoms with Gasteiger partial charge in [0.15, 0.2) is 5.78 Å². The van der Waals surface area contributed by atoms with Gasteiger partial charge >= 0.3 is 0 Å². The SMILES string of the molecule is CCC(C)(CC(C)(C)C(=O)NCN(C)C)C(=O)NCNC(=O)c1ccc(C(=O)c2ccccc2)cc1. The summed E-state index contributed by atoms with van der Waals surface area (Å²) < 4.78 is 0. The van der Waals surface area contributed by atoms with Gasteiger partial charge in [-0.05, 0) is 39.1 Å². The Bertz CT molecular complexity index is 1060. The summed E-state index contributed by atoms with van der Waals surface area (Å²) in [6.45, 7) is 7.76. The zero-order valence-electron chi connectivity index (χ0n) is 22.1. The monoisotopic (exact) mass is 494 g/mol. The number of amides is 3. The summed E-state index contributed by atoms with van der Waals surface area (Å²) in [7, 11) is 3.73. The van der Waals surface area contributed by atoms with Gasteiger partial charge in [-0.2, -0.15) is 0 Å². The maximum atomic E-state index is 13.0. The fraction of sp³-hybridized carbons (Fsp3) is 0.429. The van der Waals surface area contributed by atoms with Gasteiger partial charge < -0.3 is 16.0 Å². The van der Waals surface area contributed by atoms with Crippen LogP contribution in [0.1, 0.15) is 66.8 Å². The van der Waals surface area contributed by atoms with Crippen molar-refractivity contribution in [1.29, 1.82) is 0 Å². The van der Waals surface area contributed by atoms with Crippen LogP contribution in [0.25, 0.3) is 0 Å². The van der Waals surface area contributed by atoms with E-state index in [0.717, 1.165) is 0 Å². The topological polar surface area (TPSA) is 108 Å². The van der Waals surface area contributed by atoms with Crippen molar-refractivity contribution >= 4 is 23.5 Å². The second kappa shape index (κ2) is 12.4. The molecular weight excluding hydrogens is 456 g/mol. The van der Waals surface area contributed by atoms with E-state index >= 15 is 0 Å². The highest BCUT2D eigenvalue weighted by molar-refractivity contribution is 6.09. The number of ketones is 1. The highest BCUT2D eigenvalue weighted by Crippen LogP contribution is 2.37. The predicted molar refractivity (Wildman–Crippen MR) is 140 cm³/mol. The second-order valence-electron chi connectivity index (χ2n) is 10.2. The van der Waals surface area contributed by atoms with E-state index in [1.807, 2.05) is 52.8 Å². The molecule has 0 bridgehead atoms. The van der Waals surface area contributed by atoms with E-state index in [0.29, 0.717) is 36.2 Å². The first-order valence-electron chi connectivity index (χ1n) is 12.1. The maximum Gasteiger partial charge on any atom is 0.252 e. The van der Waals surface area contributed by atoms with Crippen molar-refractivity contribution in [3.63, 3.8) is 0 Å². The van der Waals surface area contributed by atoms with Crippen LogP contribution in [0.3, 0.4) is 0 Å². The zero-order valence-corrected chi connectivity index (χ0v) is 22.1. The fourth-order valence-electron chi connectivity index (χ4n) is 3.94. The molecule has 3 N–H and O–H groups in total. The van der Waals surface area contributed by atoms with Gasteiger partial charge in [0.05, 0.1) is 13.3 Å². The molecule has 0 radical (unpaired) electrons. The maximum absolute atomic E-state index is 13.0. The van der Waals surface area contributed by atoms with Crippen molar-refractivity contribution in [1.82, 2.24) is 20.9 Å². The van der Waals surface area contributed by atoms with Gasteiger partial charge in [0.2, 0.25) is 11.8 Å². The average Bonchev–Trinajstić information content (AvgIpc) is 2.86. The Morgan fingerprint density at radius 3 is 1.86 bits per heavy atom. The lowest BCUT2D eigenvalue weighted by molar-refractivity contribution is -0.137. The summed E-state index contributed by atoms with van der Waals surface area (Å²) in [4.78, 5) is 52.6. The van der Waals surface area contributed by atoms with Gasteiger partial charge in [-0.25, -0.2) is 0 Å². The largest absolute Gasteiger partial charge is 0.343 e. The molecule has 2 aromatic carbocycles. The Labute approximate surface area is 213 Å². The van der Waals surface area contributed by atoms with Crippen LogP contribution in [0.4, 0.5) is 0 Å². The van der Waals surface area contributed by atoms with E-state index in [2.05, 4.69) is 16.0 Å². The summed E-state index contributed by atoms with van der Waals surface area (Å²) in [5.41, 5.74) is -0.0915. The summed E-state index contributed by atoms with van der Waals surface area (Å²) >= 11 is 0. The number of hydrogen-bond donors (Lipinski definition) is 3. The summed E-state index contributed by atoms with van der Waals surface area (Å²) in [5.74, 6) is -0.837. The number of benzene rings is 2. The molecule has 3 amide bonds. The molecule has 8 nitrogen and oxygen atoms in total. The highest BCUT2D eigenvalue weighted by Gasteiger charge is 2.40. The minimum atomic E-state index is -0.789. The highest BCUT2D eigenvalue weighted by atomic mass is 16.2. The molecule has 0 aromatic heterocycles. The Balaban J connectivity index is 1.92. The van der Waals surface area contributed by atoms with Crippen molar-refractivity contribution in [2.45, 2.75) is 40.5 Å². The third kappa shape index (κ3) is 7.75. The van der Waals surface area contributed by atoms with Gasteiger partial charge in [-0.1, -0.05) is 70.2 Å². The Morgan fingerprint density at radius 2 is 1.31 bits per heavy atom. The van der Waals surface area contributed by atoms with Gasteiger partial charge in [-0.3, -0.25) is 24.1 Å². The third-order valence-electron chi connectivity index (χ3n) is 6.27. The smallest absolute Gasteiger partial charge is 0.252 e. The minimum Gasteiger partial charge on any atom is -0.343 e.